The average molecular weight is 782 g/mol. The van der Waals surface area contributed by atoms with Crippen molar-refractivity contribution in [2.24, 2.45) is 40.1 Å². The highest BCUT2D eigenvalue weighted by Crippen LogP contribution is 2.55. The van der Waals surface area contributed by atoms with Gasteiger partial charge >= 0.3 is 0 Å². The molecular weight excluding hydrogens is 731 g/mol. The largest absolute Gasteiger partial charge is 0.508 e. The van der Waals surface area contributed by atoms with Gasteiger partial charge in [0, 0.05) is 54.6 Å². The van der Waals surface area contributed by atoms with Crippen LogP contribution in [0.25, 0.3) is 0 Å². The first-order valence-corrected chi connectivity index (χ1v) is 21.3. The van der Waals surface area contributed by atoms with E-state index in [-0.39, 0.29) is 67.4 Å². The van der Waals surface area contributed by atoms with E-state index in [1.54, 1.807) is 12.1 Å². The van der Waals surface area contributed by atoms with Gasteiger partial charge < -0.3 is 36.3 Å². The van der Waals surface area contributed by atoms with Gasteiger partial charge in [0.2, 0.25) is 5.72 Å². The van der Waals surface area contributed by atoms with Crippen LogP contribution in [0.4, 0.5) is 0 Å². The Balaban J connectivity index is 1.37. The minimum absolute atomic E-state index is 0.0769. The van der Waals surface area contributed by atoms with Crippen LogP contribution in [-0.2, 0) is 27.0 Å². The van der Waals surface area contributed by atoms with Crippen molar-refractivity contribution in [1.29, 1.82) is 0 Å². The number of ether oxygens (including phenoxy) is 2. The predicted molar refractivity (Wildman–Crippen MR) is 212 cm³/mol. The zero-order chi connectivity index (χ0) is 39.4. The molecule has 10 rings (SSSR count). The van der Waals surface area contributed by atoms with Gasteiger partial charge in [0.25, 0.3) is 10.1 Å². The number of hydrogen-bond acceptors (Lipinski definition) is 8. The Bertz CT molecular complexity index is 2210. The molecule has 0 unspecified atom stereocenters. The molecule has 7 aliphatic rings. The third-order valence-electron chi connectivity index (χ3n) is 13.1. The number of nitrogens with zero attached hydrogens (tertiary/aromatic N) is 1. The lowest BCUT2D eigenvalue weighted by molar-refractivity contribution is -0.0416. The number of aliphatic hydroxyl groups is 2. The number of phenolic OH excluding ortho intramolecular Hbond substituents is 1. The first kappa shape index (κ1) is 38.5. The lowest BCUT2D eigenvalue weighted by Gasteiger charge is -2.42. The molecule has 3 aromatic carbocycles. The van der Waals surface area contributed by atoms with E-state index >= 15 is 0 Å². The molecular formula is C44H51N3O8S. The number of phenols is 1. The van der Waals surface area contributed by atoms with Crippen LogP contribution < -0.4 is 16.2 Å². The molecule has 10 bridgehead atoms. The van der Waals surface area contributed by atoms with Gasteiger partial charge in [-0.1, -0.05) is 61.2 Å². The molecule has 5 heterocycles. The molecule has 0 amide bonds. The maximum absolute atomic E-state index is 14.0. The third kappa shape index (κ3) is 7.20. The van der Waals surface area contributed by atoms with Crippen LogP contribution in [-0.4, -0.2) is 58.8 Å². The fourth-order valence-electron chi connectivity index (χ4n) is 10.4. The number of rotatable bonds is 6. The molecule has 0 aromatic heterocycles. The van der Waals surface area contributed by atoms with Crippen LogP contribution in [0.5, 0.6) is 11.5 Å². The van der Waals surface area contributed by atoms with Crippen LogP contribution in [0, 0.1) is 35.5 Å². The Morgan fingerprint density at radius 1 is 1.04 bits per heavy atom. The second-order valence-corrected chi connectivity index (χ2v) is 18.1. The summed E-state index contributed by atoms with van der Waals surface area (Å²) in [6.07, 6.45) is 4.99. The smallest absolute Gasteiger partial charge is 0.268 e. The van der Waals surface area contributed by atoms with Crippen LogP contribution in [0.15, 0.2) is 77.3 Å². The molecule has 0 saturated carbocycles. The lowest BCUT2D eigenvalue weighted by atomic mass is 9.64. The summed E-state index contributed by atoms with van der Waals surface area (Å²) < 4.78 is 53.1. The van der Waals surface area contributed by atoms with Crippen LogP contribution in [0.1, 0.15) is 103 Å². The predicted octanol–water partition coefficient (Wildman–Crippen LogP) is 5.54. The van der Waals surface area contributed by atoms with Gasteiger partial charge in [-0.05, 0) is 109 Å². The molecule has 3 aromatic rings. The molecule has 296 valence electrons. The van der Waals surface area contributed by atoms with Crippen LogP contribution in [0.3, 0.4) is 0 Å². The van der Waals surface area contributed by atoms with Crippen molar-refractivity contribution in [2.45, 2.75) is 93.3 Å². The van der Waals surface area contributed by atoms with Gasteiger partial charge in [-0.25, -0.2) is 4.99 Å². The molecule has 0 spiro atoms. The van der Waals surface area contributed by atoms with Crippen molar-refractivity contribution in [3.63, 3.8) is 0 Å². The van der Waals surface area contributed by atoms with Crippen molar-refractivity contribution in [2.75, 3.05) is 13.2 Å². The van der Waals surface area contributed by atoms with E-state index < -0.39 is 39.2 Å². The lowest BCUT2D eigenvalue weighted by Crippen LogP contribution is -2.40. The molecule has 8 N–H and O–H groups in total. The summed E-state index contributed by atoms with van der Waals surface area (Å²) in [6, 6.07) is 18.7. The highest BCUT2D eigenvalue weighted by molar-refractivity contribution is 7.86. The quantitative estimate of drug-likeness (QED) is 0.0608. The normalized spacial score (nSPS) is 31.9. The Morgan fingerprint density at radius 3 is 2.55 bits per heavy atom. The van der Waals surface area contributed by atoms with Gasteiger partial charge in [0.15, 0.2) is 5.96 Å². The monoisotopic (exact) mass is 781 g/mol. The molecule has 11 nitrogen and oxygen atoms in total. The molecule has 12 heteroatoms. The standard InChI is InChI=1S/C44H51N3O8S/c1-25-6-7-28-20-34-13-15-35(28)37(25)23-40(56(51,52)53)38-21-31-18-30(22-39-29(24-49)5-2-4-27-19-33(50)12-14-36(27)42(31)54-39)41(38)26-8-10-32(11-9-26)44(55-34,16-3-17-48)47-43(45)46/h8-15,19-21,25,29-30,37-42,48-50H,3,5-7,16-18,22-24H2,1H3,(H4,45,46,47)(H,51,52,53)/t25-,29-,30-,37+,38+,39+,40-,41+,42-,44+/m1/s1. The molecule has 5 aliphatic heterocycles. The van der Waals surface area contributed by atoms with E-state index in [9.17, 15) is 28.3 Å². The Hall–Kier alpha value is -4.38. The molecule has 56 heavy (non-hydrogen) atoms. The average Bonchev–Trinajstić information content (AvgIpc) is 3.25. The number of allylic oxidation sites excluding steroid dienone is 1. The van der Waals surface area contributed by atoms with Crippen molar-refractivity contribution < 1.29 is 37.8 Å². The first-order valence-electron chi connectivity index (χ1n) is 19.8. The van der Waals surface area contributed by atoms with E-state index in [4.69, 9.17) is 20.9 Å². The van der Waals surface area contributed by atoms with E-state index in [0.29, 0.717) is 42.6 Å². The number of aliphatic imine (C=N–C) groups is 1. The number of benzene rings is 3. The Kier molecular flexibility index (Phi) is 10.4. The van der Waals surface area contributed by atoms with Crippen molar-refractivity contribution >= 4 is 16.1 Å². The molecule has 2 aliphatic carbocycles. The summed E-state index contributed by atoms with van der Waals surface area (Å²) in [6.45, 7) is 1.91. The summed E-state index contributed by atoms with van der Waals surface area (Å²) in [5.74, 6) is 5.42. The van der Waals surface area contributed by atoms with E-state index in [0.717, 1.165) is 40.7 Å². The topological polar surface area (TPSA) is 198 Å². The van der Waals surface area contributed by atoms with Gasteiger partial charge in [-0.2, -0.15) is 8.42 Å². The highest BCUT2D eigenvalue weighted by atomic mass is 32.2. The molecule has 1 fully saturated rings. The minimum Gasteiger partial charge on any atom is -0.508 e. The van der Waals surface area contributed by atoms with E-state index in [1.165, 1.54) is 0 Å². The summed E-state index contributed by atoms with van der Waals surface area (Å²) in [5, 5.41) is 30.0. The Morgan fingerprint density at radius 2 is 1.82 bits per heavy atom. The second-order valence-electron chi connectivity index (χ2n) is 16.5. The molecule has 1 saturated heterocycles. The SMILES string of the molecule is C[C@@H]1CCc2cc3ccc2[C@H]1C[C@@H](S(=O)(=O)O)[C@@H]1C=C2C[C@H](C[C@@H]4O[C@H]2c2ccc(O)cc2C#CC[C@@H]4CO)[C@@H]1c1ccc(cc1)[C@@](CCCO)(N=C(N)N)O3. The van der Waals surface area contributed by atoms with Gasteiger partial charge in [0.05, 0.1) is 11.4 Å². The Labute approximate surface area is 328 Å². The summed E-state index contributed by atoms with van der Waals surface area (Å²) in [5.41, 5.74) is 16.7. The zero-order valence-corrected chi connectivity index (χ0v) is 32.4. The number of aliphatic hydroxyl groups excluding tert-OH is 2. The fourth-order valence-corrected chi connectivity index (χ4v) is 11.5. The summed E-state index contributed by atoms with van der Waals surface area (Å²) >= 11 is 0. The van der Waals surface area contributed by atoms with Crippen LogP contribution >= 0.6 is 0 Å². The van der Waals surface area contributed by atoms with Crippen molar-refractivity contribution in [1.82, 2.24) is 0 Å². The van der Waals surface area contributed by atoms with Crippen molar-refractivity contribution in [3.05, 3.63) is 106 Å². The van der Waals surface area contributed by atoms with E-state index in [1.807, 2.05) is 54.6 Å². The van der Waals surface area contributed by atoms with Gasteiger partial charge in [0.1, 0.15) is 17.6 Å². The molecule has 0 radical (unpaired) electrons. The van der Waals surface area contributed by atoms with Gasteiger partial charge in [-0.3, -0.25) is 4.55 Å². The van der Waals surface area contributed by atoms with E-state index in [2.05, 4.69) is 23.8 Å². The number of nitrogens with two attached hydrogens (primary N) is 2. The third-order valence-corrected chi connectivity index (χ3v) is 14.3. The fraction of sp³-hybridized carbons (Fsp3) is 0.477. The maximum atomic E-state index is 14.0. The number of fused-ring (bicyclic) bond motifs is 9. The number of hydrogen-bond donors (Lipinski definition) is 6. The first-order chi connectivity index (χ1) is 26.9. The molecule has 10 atom stereocenters. The summed E-state index contributed by atoms with van der Waals surface area (Å²) in [4.78, 5) is 4.68. The second kappa shape index (κ2) is 15.2. The summed E-state index contributed by atoms with van der Waals surface area (Å²) in [7, 11) is -4.62. The zero-order valence-electron chi connectivity index (χ0n) is 31.6. The number of aromatic hydroxyl groups is 1. The minimum atomic E-state index is -4.62. The van der Waals surface area contributed by atoms with Crippen molar-refractivity contribution in [3.8, 4) is 23.3 Å². The number of guanidine groups is 1. The highest BCUT2D eigenvalue weighted by Gasteiger charge is 2.49. The maximum Gasteiger partial charge on any atom is 0.268 e. The van der Waals surface area contributed by atoms with Gasteiger partial charge in [-0.15, -0.1) is 0 Å². The van der Waals surface area contributed by atoms with Crippen LogP contribution in [0.2, 0.25) is 0 Å². The number of aryl methyl sites for hydroxylation is 1.